The van der Waals surface area contributed by atoms with E-state index in [1.165, 1.54) is 0 Å². The zero-order valence-electron chi connectivity index (χ0n) is 21.2. The highest BCUT2D eigenvalue weighted by Crippen LogP contribution is 2.46. The van der Waals surface area contributed by atoms with E-state index in [1.54, 1.807) is 7.11 Å². The van der Waals surface area contributed by atoms with Gasteiger partial charge in [-0.2, -0.15) is 0 Å². The summed E-state index contributed by atoms with van der Waals surface area (Å²) < 4.78 is 12.4. The zero-order valence-corrected chi connectivity index (χ0v) is 21.2. The highest BCUT2D eigenvalue weighted by molar-refractivity contribution is 5.73. The summed E-state index contributed by atoms with van der Waals surface area (Å²) in [6.45, 7) is 8.71. The fraction of sp³-hybridized carbons (Fsp3) is 0.250. The Morgan fingerprint density at radius 1 is 0.629 bits per heavy atom. The van der Waals surface area contributed by atoms with Crippen molar-refractivity contribution >= 4 is 0 Å². The van der Waals surface area contributed by atoms with Gasteiger partial charge in [0.15, 0.2) is 0 Å². The molecule has 0 aliphatic rings. The van der Waals surface area contributed by atoms with Crippen molar-refractivity contribution in [3.63, 3.8) is 0 Å². The van der Waals surface area contributed by atoms with E-state index in [2.05, 4.69) is 26.8 Å². The molecule has 3 heteroatoms. The van der Waals surface area contributed by atoms with Gasteiger partial charge in [0, 0.05) is 16.7 Å². The summed E-state index contributed by atoms with van der Waals surface area (Å²) in [5.74, 6) is 1.36. The molecule has 0 saturated heterocycles. The fourth-order valence-electron chi connectivity index (χ4n) is 4.53. The molecule has 0 aliphatic heterocycles. The number of hydrogen-bond acceptors (Lipinski definition) is 3. The van der Waals surface area contributed by atoms with Crippen molar-refractivity contribution in [1.29, 1.82) is 0 Å². The minimum atomic E-state index is -1.36. The SMILES string of the molecule is COc1c(-c2ccccc2)cccc1C(C)(O)c1cccc(C(C)(C)C)c1OCc1ccccc1. The largest absolute Gasteiger partial charge is 0.496 e. The van der Waals surface area contributed by atoms with Crippen LogP contribution in [0.1, 0.15) is 49.9 Å². The van der Waals surface area contributed by atoms with Gasteiger partial charge in [-0.15, -0.1) is 0 Å². The maximum atomic E-state index is 12.1. The molecule has 4 aromatic carbocycles. The monoisotopic (exact) mass is 466 g/mol. The zero-order chi connectivity index (χ0) is 25.1. The molecular formula is C32H34O3. The second kappa shape index (κ2) is 9.97. The molecular weight excluding hydrogens is 432 g/mol. The van der Waals surface area contributed by atoms with Crippen LogP contribution in [0.25, 0.3) is 11.1 Å². The van der Waals surface area contributed by atoms with E-state index in [0.717, 1.165) is 22.3 Å². The van der Waals surface area contributed by atoms with Crippen molar-refractivity contribution in [2.24, 2.45) is 0 Å². The average molecular weight is 467 g/mol. The highest BCUT2D eigenvalue weighted by Gasteiger charge is 2.35. The van der Waals surface area contributed by atoms with E-state index >= 15 is 0 Å². The van der Waals surface area contributed by atoms with Gasteiger partial charge >= 0.3 is 0 Å². The van der Waals surface area contributed by atoms with Crippen molar-refractivity contribution in [2.75, 3.05) is 7.11 Å². The van der Waals surface area contributed by atoms with Gasteiger partial charge in [-0.05, 0) is 29.0 Å². The third-order valence-corrected chi connectivity index (χ3v) is 6.40. The second-order valence-electron chi connectivity index (χ2n) is 10.0. The van der Waals surface area contributed by atoms with Gasteiger partial charge in [0.1, 0.15) is 23.7 Å². The number of hydrogen-bond donors (Lipinski definition) is 1. The molecule has 0 amide bonds. The molecule has 0 fully saturated rings. The lowest BCUT2D eigenvalue weighted by atomic mass is 9.79. The van der Waals surface area contributed by atoms with E-state index in [4.69, 9.17) is 9.47 Å². The number of methoxy groups -OCH3 is 1. The van der Waals surface area contributed by atoms with Gasteiger partial charge < -0.3 is 14.6 Å². The Kier molecular flexibility index (Phi) is 7.00. The first-order chi connectivity index (χ1) is 16.7. The summed E-state index contributed by atoms with van der Waals surface area (Å²) >= 11 is 0. The first-order valence-electron chi connectivity index (χ1n) is 12.0. The molecule has 1 N–H and O–H groups in total. The van der Waals surface area contributed by atoms with Crippen molar-refractivity contribution in [3.8, 4) is 22.6 Å². The molecule has 3 nitrogen and oxygen atoms in total. The summed E-state index contributed by atoms with van der Waals surface area (Å²) in [5, 5.41) is 12.1. The lowest BCUT2D eigenvalue weighted by Crippen LogP contribution is -2.26. The minimum Gasteiger partial charge on any atom is -0.496 e. The van der Waals surface area contributed by atoms with Gasteiger partial charge in [0.2, 0.25) is 0 Å². The van der Waals surface area contributed by atoms with Gasteiger partial charge in [-0.25, -0.2) is 0 Å². The molecule has 1 unspecified atom stereocenters. The number of para-hydroxylation sites is 2. The molecule has 0 aromatic heterocycles. The van der Waals surface area contributed by atoms with Crippen molar-refractivity contribution in [3.05, 3.63) is 119 Å². The summed E-state index contributed by atoms with van der Waals surface area (Å²) in [7, 11) is 1.65. The van der Waals surface area contributed by atoms with E-state index in [0.29, 0.717) is 29.2 Å². The highest BCUT2D eigenvalue weighted by atomic mass is 16.5. The summed E-state index contributed by atoms with van der Waals surface area (Å²) in [5.41, 5.74) is 3.96. The molecule has 35 heavy (non-hydrogen) atoms. The standard InChI is InChI=1S/C32H34O3/c1-31(2,3)26-19-13-21-28(30(26)35-22-23-14-8-6-9-15-23)32(4,33)27-20-12-18-25(29(27)34-5)24-16-10-7-11-17-24/h6-21,33H,22H2,1-5H3. The molecule has 4 aromatic rings. The smallest absolute Gasteiger partial charge is 0.133 e. The minimum absolute atomic E-state index is 0.173. The van der Waals surface area contributed by atoms with Crippen molar-refractivity contribution in [2.45, 2.75) is 45.3 Å². The van der Waals surface area contributed by atoms with Crippen LogP contribution in [-0.2, 0) is 17.6 Å². The van der Waals surface area contributed by atoms with Crippen LogP contribution in [-0.4, -0.2) is 12.2 Å². The summed E-state index contributed by atoms with van der Waals surface area (Å²) in [6, 6.07) is 32.1. The van der Waals surface area contributed by atoms with E-state index in [-0.39, 0.29) is 5.41 Å². The maximum absolute atomic E-state index is 12.1. The van der Waals surface area contributed by atoms with Crippen LogP contribution < -0.4 is 9.47 Å². The topological polar surface area (TPSA) is 38.7 Å². The number of benzene rings is 4. The molecule has 4 rings (SSSR count). The molecule has 0 heterocycles. The summed E-state index contributed by atoms with van der Waals surface area (Å²) in [4.78, 5) is 0. The molecule has 0 aliphatic carbocycles. The maximum Gasteiger partial charge on any atom is 0.133 e. The number of aliphatic hydroxyl groups is 1. The third-order valence-electron chi connectivity index (χ3n) is 6.40. The second-order valence-corrected chi connectivity index (χ2v) is 10.0. The Morgan fingerprint density at radius 3 is 1.77 bits per heavy atom. The Labute approximate surface area is 209 Å². The summed E-state index contributed by atoms with van der Waals surface area (Å²) in [6.07, 6.45) is 0. The average Bonchev–Trinajstić information content (AvgIpc) is 2.87. The van der Waals surface area contributed by atoms with Crippen LogP contribution in [0.15, 0.2) is 97.1 Å². The number of rotatable bonds is 7. The van der Waals surface area contributed by atoms with Gasteiger partial charge in [0.25, 0.3) is 0 Å². The van der Waals surface area contributed by atoms with E-state index in [1.807, 2.05) is 97.9 Å². The predicted octanol–water partition coefficient (Wildman–Crippen LogP) is 7.49. The molecule has 0 spiro atoms. The normalized spacial score (nSPS) is 13.2. The van der Waals surface area contributed by atoms with Crippen LogP contribution in [0.4, 0.5) is 0 Å². The van der Waals surface area contributed by atoms with E-state index < -0.39 is 5.60 Å². The van der Waals surface area contributed by atoms with Crippen LogP contribution in [0.3, 0.4) is 0 Å². The number of ether oxygens (including phenoxy) is 2. The fourth-order valence-corrected chi connectivity index (χ4v) is 4.53. The molecule has 0 bridgehead atoms. The predicted molar refractivity (Wildman–Crippen MR) is 143 cm³/mol. The molecule has 0 saturated carbocycles. The van der Waals surface area contributed by atoms with Crippen molar-refractivity contribution < 1.29 is 14.6 Å². The first kappa shape index (κ1) is 24.6. The first-order valence-corrected chi connectivity index (χ1v) is 12.0. The van der Waals surface area contributed by atoms with Gasteiger partial charge in [0.05, 0.1) is 7.11 Å². The Bertz CT molecular complexity index is 1270. The van der Waals surface area contributed by atoms with Gasteiger partial charge in [-0.3, -0.25) is 0 Å². The lowest BCUT2D eigenvalue weighted by molar-refractivity contribution is 0.0939. The van der Waals surface area contributed by atoms with Crippen LogP contribution >= 0.6 is 0 Å². The third kappa shape index (κ3) is 5.11. The molecule has 180 valence electrons. The Balaban J connectivity index is 1.86. The van der Waals surface area contributed by atoms with Crippen molar-refractivity contribution in [1.82, 2.24) is 0 Å². The lowest BCUT2D eigenvalue weighted by Gasteiger charge is -2.32. The quantitative estimate of drug-likeness (QED) is 0.307. The van der Waals surface area contributed by atoms with E-state index in [9.17, 15) is 5.11 Å². The Morgan fingerprint density at radius 2 is 1.17 bits per heavy atom. The molecule has 1 atom stereocenters. The van der Waals surface area contributed by atoms with Crippen LogP contribution in [0.2, 0.25) is 0 Å². The van der Waals surface area contributed by atoms with Crippen LogP contribution in [0.5, 0.6) is 11.5 Å². The Hall–Kier alpha value is -3.56. The van der Waals surface area contributed by atoms with Crippen LogP contribution in [0, 0.1) is 0 Å². The molecule has 0 radical (unpaired) electrons. The van der Waals surface area contributed by atoms with Gasteiger partial charge in [-0.1, -0.05) is 118 Å².